The molecule has 0 bridgehead atoms. The first-order valence-corrected chi connectivity index (χ1v) is 7.24. The fourth-order valence-corrected chi connectivity index (χ4v) is 2.15. The van der Waals surface area contributed by atoms with Crippen LogP contribution in [0.2, 0.25) is 0 Å². The second kappa shape index (κ2) is 7.93. The van der Waals surface area contributed by atoms with Gasteiger partial charge in [-0.15, -0.1) is 0 Å². The summed E-state index contributed by atoms with van der Waals surface area (Å²) in [6, 6.07) is 10.6. The predicted molar refractivity (Wildman–Crippen MR) is 87.6 cm³/mol. The third-order valence-corrected chi connectivity index (χ3v) is 3.18. The molecule has 0 saturated carbocycles. The molecule has 0 fully saturated rings. The zero-order chi connectivity index (χ0) is 16.7. The number of hydrogen-bond acceptors (Lipinski definition) is 4. The lowest BCUT2D eigenvalue weighted by Gasteiger charge is -2.11. The highest BCUT2D eigenvalue weighted by Gasteiger charge is 2.08. The van der Waals surface area contributed by atoms with Gasteiger partial charge in [-0.25, -0.2) is 0 Å². The van der Waals surface area contributed by atoms with Crippen LogP contribution in [0.4, 0.5) is 5.69 Å². The maximum Gasteiger partial charge on any atom is 0.269 e. The van der Waals surface area contributed by atoms with Crippen molar-refractivity contribution in [1.82, 2.24) is 10.3 Å². The van der Waals surface area contributed by atoms with Gasteiger partial charge in [-0.2, -0.15) is 0 Å². The molecule has 0 saturated heterocycles. The summed E-state index contributed by atoms with van der Waals surface area (Å²) < 4.78 is 5.31. The number of anilines is 1. The summed E-state index contributed by atoms with van der Waals surface area (Å²) in [6.45, 7) is 1.90. The van der Waals surface area contributed by atoms with Gasteiger partial charge in [-0.05, 0) is 42.3 Å². The van der Waals surface area contributed by atoms with Crippen LogP contribution in [0.5, 0.6) is 5.75 Å². The van der Waals surface area contributed by atoms with Crippen molar-refractivity contribution in [2.45, 2.75) is 13.3 Å². The molecule has 2 N–H and O–H groups in total. The van der Waals surface area contributed by atoms with Crippen LogP contribution in [0, 0.1) is 0 Å². The van der Waals surface area contributed by atoms with Crippen LogP contribution < -0.4 is 15.4 Å². The highest BCUT2D eigenvalue weighted by atomic mass is 16.5. The van der Waals surface area contributed by atoms with Gasteiger partial charge in [0.2, 0.25) is 5.91 Å². The van der Waals surface area contributed by atoms with E-state index in [9.17, 15) is 9.59 Å². The number of hydrogen-bond donors (Lipinski definition) is 2. The van der Waals surface area contributed by atoms with Gasteiger partial charge in [0.15, 0.2) is 0 Å². The molecule has 0 unspecified atom stereocenters. The Hall–Kier alpha value is -2.89. The van der Waals surface area contributed by atoms with Gasteiger partial charge in [0.25, 0.3) is 5.91 Å². The maximum atomic E-state index is 11.9. The Labute approximate surface area is 134 Å². The highest BCUT2D eigenvalue weighted by Crippen LogP contribution is 2.23. The number of methoxy groups -OCH3 is 1. The van der Waals surface area contributed by atoms with Gasteiger partial charge in [0, 0.05) is 25.4 Å². The van der Waals surface area contributed by atoms with E-state index < -0.39 is 0 Å². The molecule has 0 aliphatic carbocycles. The number of ether oxygens (including phenoxy) is 1. The quantitative estimate of drug-likeness (QED) is 0.855. The second-order valence-corrected chi connectivity index (χ2v) is 4.93. The molecule has 1 heterocycles. The molecule has 6 nitrogen and oxygen atoms in total. The van der Waals surface area contributed by atoms with E-state index in [2.05, 4.69) is 15.6 Å². The second-order valence-electron chi connectivity index (χ2n) is 4.93. The number of aromatic nitrogens is 1. The van der Waals surface area contributed by atoms with Gasteiger partial charge in [0.05, 0.1) is 7.11 Å². The number of nitrogens with zero attached hydrogens (tertiary/aromatic N) is 1. The highest BCUT2D eigenvalue weighted by molar-refractivity contribution is 5.92. The van der Waals surface area contributed by atoms with Gasteiger partial charge in [0.1, 0.15) is 11.4 Å². The Morgan fingerprint density at radius 1 is 1.22 bits per heavy atom. The first-order chi connectivity index (χ1) is 11.1. The molecule has 0 spiro atoms. The average molecular weight is 313 g/mol. The van der Waals surface area contributed by atoms with Crippen LogP contribution in [0.15, 0.2) is 42.6 Å². The van der Waals surface area contributed by atoms with Crippen LogP contribution >= 0.6 is 0 Å². The molecule has 120 valence electrons. The van der Waals surface area contributed by atoms with Crippen molar-refractivity contribution in [2.75, 3.05) is 19.0 Å². The summed E-state index contributed by atoms with van der Waals surface area (Å²) in [6.07, 6.45) is 2.16. The van der Waals surface area contributed by atoms with E-state index in [1.54, 1.807) is 43.6 Å². The van der Waals surface area contributed by atoms with Gasteiger partial charge >= 0.3 is 0 Å². The Morgan fingerprint density at radius 3 is 2.70 bits per heavy atom. The molecule has 23 heavy (non-hydrogen) atoms. The minimum absolute atomic E-state index is 0.135. The number of carbonyl (C=O) groups excluding carboxylic acids is 2. The third-order valence-electron chi connectivity index (χ3n) is 3.18. The Bertz CT molecular complexity index is 687. The summed E-state index contributed by atoms with van der Waals surface area (Å²) in [4.78, 5) is 27.1. The SMILES string of the molecule is COc1ccc(NC(C)=O)cc1CCNC(=O)c1ccccn1. The van der Waals surface area contributed by atoms with E-state index in [0.29, 0.717) is 30.1 Å². The predicted octanol–water partition coefficient (Wildman–Crippen LogP) is 2.02. The van der Waals surface area contributed by atoms with E-state index in [0.717, 1.165) is 5.56 Å². The summed E-state index contributed by atoms with van der Waals surface area (Å²) in [5, 5.41) is 5.54. The van der Waals surface area contributed by atoms with Crippen molar-refractivity contribution >= 4 is 17.5 Å². The molecule has 1 aromatic heterocycles. The number of rotatable bonds is 6. The zero-order valence-electron chi connectivity index (χ0n) is 13.1. The van der Waals surface area contributed by atoms with E-state index in [4.69, 9.17) is 4.74 Å². The van der Waals surface area contributed by atoms with Gasteiger partial charge in [-0.1, -0.05) is 6.07 Å². The van der Waals surface area contributed by atoms with E-state index in [-0.39, 0.29) is 11.8 Å². The Balaban J connectivity index is 1.99. The summed E-state index contributed by atoms with van der Waals surface area (Å²) in [5.41, 5.74) is 1.98. The first kappa shape index (κ1) is 16.5. The van der Waals surface area contributed by atoms with Gasteiger partial charge in [-0.3, -0.25) is 14.6 Å². The maximum absolute atomic E-state index is 11.9. The van der Waals surface area contributed by atoms with Crippen molar-refractivity contribution in [2.24, 2.45) is 0 Å². The lowest BCUT2D eigenvalue weighted by Crippen LogP contribution is -2.26. The number of benzene rings is 1. The topological polar surface area (TPSA) is 80.3 Å². The summed E-state index contributed by atoms with van der Waals surface area (Å²) in [5.74, 6) is 0.360. The van der Waals surface area contributed by atoms with E-state index in [1.807, 2.05) is 6.07 Å². The Morgan fingerprint density at radius 2 is 2.04 bits per heavy atom. The van der Waals surface area contributed by atoms with E-state index >= 15 is 0 Å². The number of nitrogens with one attached hydrogen (secondary N) is 2. The third kappa shape index (κ3) is 4.81. The number of amides is 2. The smallest absolute Gasteiger partial charge is 0.269 e. The molecule has 6 heteroatoms. The molecule has 1 aromatic carbocycles. The van der Waals surface area contributed by atoms with Crippen LogP contribution in [0.3, 0.4) is 0 Å². The van der Waals surface area contributed by atoms with Crippen molar-refractivity contribution in [3.8, 4) is 5.75 Å². The molecular formula is C17H19N3O3. The summed E-state index contributed by atoms with van der Waals surface area (Å²) in [7, 11) is 1.59. The molecular weight excluding hydrogens is 294 g/mol. The fraction of sp³-hybridized carbons (Fsp3) is 0.235. The summed E-state index contributed by atoms with van der Waals surface area (Å²) >= 11 is 0. The van der Waals surface area contributed by atoms with Crippen LogP contribution in [0.1, 0.15) is 23.0 Å². The minimum Gasteiger partial charge on any atom is -0.496 e. The number of carbonyl (C=O) groups is 2. The lowest BCUT2D eigenvalue weighted by atomic mass is 10.1. The normalized spacial score (nSPS) is 10.0. The molecule has 2 amide bonds. The van der Waals surface area contributed by atoms with Crippen LogP contribution in [0.25, 0.3) is 0 Å². The first-order valence-electron chi connectivity index (χ1n) is 7.24. The van der Waals surface area contributed by atoms with Gasteiger partial charge < -0.3 is 15.4 Å². The molecule has 0 aliphatic heterocycles. The zero-order valence-corrected chi connectivity index (χ0v) is 13.1. The average Bonchev–Trinajstić information content (AvgIpc) is 2.55. The van der Waals surface area contributed by atoms with Crippen LogP contribution in [-0.4, -0.2) is 30.5 Å². The monoisotopic (exact) mass is 313 g/mol. The standard InChI is InChI=1S/C17H19N3O3/c1-12(21)20-14-6-7-16(23-2)13(11-14)8-10-19-17(22)15-5-3-4-9-18-15/h3-7,9,11H,8,10H2,1-2H3,(H,19,22)(H,20,21). The largest absolute Gasteiger partial charge is 0.496 e. The van der Waals surface area contributed by atoms with E-state index in [1.165, 1.54) is 6.92 Å². The number of pyridine rings is 1. The lowest BCUT2D eigenvalue weighted by molar-refractivity contribution is -0.114. The molecule has 0 atom stereocenters. The molecule has 0 radical (unpaired) electrons. The van der Waals surface area contributed by atoms with Crippen LogP contribution in [-0.2, 0) is 11.2 Å². The van der Waals surface area contributed by atoms with Crippen molar-refractivity contribution in [1.29, 1.82) is 0 Å². The van der Waals surface area contributed by atoms with Crippen molar-refractivity contribution in [3.05, 3.63) is 53.9 Å². The molecule has 2 aromatic rings. The molecule has 0 aliphatic rings. The Kier molecular flexibility index (Phi) is 5.68. The fourth-order valence-electron chi connectivity index (χ4n) is 2.15. The van der Waals surface area contributed by atoms with Crippen molar-refractivity contribution in [3.63, 3.8) is 0 Å². The minimum atomic E-state index is -0.220. The molecule has 2 rings (SSSR count). The van der Waals surface area contributed by atoms with Crippen molar-refractivity contribution < 1.29 is 14.3 Å².